The zero-order valence-electron chi connectivity index (χ0n) is 18.3. The van der Waals surface area contributed by atoms with Gasteiger partial charge in [-0.25, -0.2) is 18.4 Å². The van der Waals surface area contributed by atoms with Crippen LogP contribution in [-0.2, 0) is 10.0 Å². The third-order valence-electron chi connectivity index (χ3n) is 6.22. The van der Waals surface area contributed by atoms with Crippen LogP contribution in [0.1, 0.15) is 11.6 Å². The highest BCUT2D eigenvalue weighted by atomic mass is 32.2. The van der Waals surface area contributed by atoms with Crippen LogP contribution >= 0.6 is 0 Å². The van der Waals surface area contributed by atoms with Crippen LogP contribution in [0.3, 0.4) is 0 Å². The lowest BCUT2D eigenvalue weighted by molar-refractivity contribution is 0.574. The van der Waals surface area contributed by atoms with Gasteiger partial charge in [-0.05, 0) is 36.4 Å². The van der Waals surface area contributed by atoms with E-state index in [1.54, 1.807) is 12.4 Å². The number of piperazine rings is 1. The molecule has 174 valence electrons. The summed E-state index contributed by atoms with van der Waals surface area (Å²) in [6.07, 6.45) is 5.18. The van der Waals surface area contributed by atoms with Crippen LogP contribution in [-0.4, -0.2) is 59.9 Å². The number of sulfonamides is 1. The third kappa shape index (κ3) is 3.93. The topological polar surface area (TPSA) is 117 Å². The molecule has 11 heteroatoms. The molecule has 5 heterocycles. The fourth-order valence-electron chi connectivity index (χ4n) is 4.55. The monoisotopic (exact) mass is 476 g/mol. The van der Waals surface area contributed by atoms with Gasteiger partial charge in [0.25, 0.3) is 0 Å². The molecule has 0 spiro atoms. The average molecular weight is 477 g/mol. The third-order valence-corrected chi connectivity index (χ3v) is 7.48. The zero-order chi connectivity index (χ0) is 23.1. The average Bonchev–Trinajstić information content (AvgIpc) is 3.27. The summed E-state index contributed by atoms with van der Waals surface area (Å²) in [6.45, 7) is 3.97. The summed E-state index contributed by atoms with van der Waals surface area (Å²) >= 11 is 0. The van der Waals surface area contributed by atoms with E-state index in [0.717, 1.165) is 42.8 Å². The summed E-state index contributed by atoms with van der Waals surface area (Å²) in [5.41, 5.74) is 3.55. The molecule has 1 atom stereocenters. The van der Waals surface area contributed by atoms with Gasteiger partial charge in [0.05, 0.1) is 11.8 Å². The van der Waals surface area contributed by atoms with Gasteiger partial charge in [0.1, 0.15) is 11.5 Å². The predicted octanol–water partition coefficient (Wildman–Crippen LogP) is 2.32. The summed E-state index contributed by atoms with van der Waals surface area (Å²) in [7, 11) is -3.51. The summed E-state index contributed by atoms with van der Waals surface area (Å²) in [5, 5.41) is 7.47. The summed E-state index contributed by atoms with van der Waals surface area (Å²) in [5.74, 6) is 0.721. The van der Waals surface area contributed by atoms with Crippen LogP contribution in [0.2, 0.25) is 0 Å². The Kier molecular flexibility index (Phi) is 5.07. The molecule has 4 aromatic rings. The predicted molar refractivity (Wildman–Crippen MR) is 132 cm³/mol. The van der Waals surface area contributed by atoms with Crippen LogP contribution in [0.5, 0.6) is 0 Å². The number of fused-ring (bicyclic) bond motifs is 2. The fourth-order valence-corrected chi connectivity index (χ4v) is 5.85. The molecule has 2 aliphatic heterocycles. The number of nitrogens with zero attached hydrogens (tertiary/aromatic N) is 5. The molecular weight excluding hydrogens is 452 g/mol. The molecule has 1 fully saturated rings. The molecule has 3 N–H and O–H groups in total. The van der Waals surface area contributed by atoms with Crippen LogP contribution in [0, 0.1) is 0 Å². The van der Waals surface area contributed by atoms with E-state index in [1.807, 2.05) is 41.1 Å². The Labute approximate surface area is 197 Å². The first-order chi connectivity index (χ1) is 16.6. The minimum atomic E-state index is -3.51. The van der Waals surface area contributed by atoms with Crippen molar-refractivity contribution in [3.8, 4) is 0 Å². The van der Waals surface area contributed by atoms with Crippen molar-refractivity contribution in [1.29, 1.82) is 0 Å². The SMILES string of the molecule is O=S1(=O)CC(n2ccc3cnc(Nc4ccc(N5CCNCC5)cc4)nc32)c2cccnc2N1. The van der Waals surface area contributed by atoms with Gasteiger partial charge < -0.3 is 20.1 Å². The van der Waals surface area contributed by atoms with Gasteiger partial charge in [-0.3, -0.25) is 4.72 Å². The van der Waals surface area contributed by atoms with Gasteiger partial charge in [-0.2, -0.15) is 4.98 Å². The Morgan fingerprint density at radius 1 is 1.03 bits per heavy atom. The zero-order valence-corrected chi connectivity index (χ0v) is 19.2. The molecule has 6 rings (SSSR count). The van der Waals surface area contributed by atoms with Gasteiger partial charge >= 0.3 is 0 Å². The lowest BCUT2D eigenvalue weighted by Crippen LogP contribution is -2.43. The number of rotatable bonds is 4. The number of aromatic nitrogens is 4. The molecule has 0 amide bonds. The maximum Gasteiger partial charge on any atom is 0.236 e. The van der Waals surface area contributed by atoms with Crippen molar-refractivity contribution in [3.05, 3.63) is 66.6 Å². The largest absolute Gasteiger partial charge is 0.369 e. The number of nitrogens with one attached hydrogen (secondary N) is 3. The summed E-state index contributed by atoms with van der Waals surface area (Å²) in [4.78, 5) is 15.7. The van der Waals surface area contributed by atoms with E-state index >= 15 is 0 Å². The number of benzene rings is 1. The first-order valence-electron chi connectivity index (χ1n) is 11.2. The lowest BCUT2D eigenvalue weighted by atomic mass is 10.1. The van der Waals surface area contributed by atoms with E-state index in [0.29, 0.717) is 17.4 Å². The first kappa shape index (κ1) is 20.9. The molecule has 0 bridgehead atoms. The lowest BCUT2D eigenvalue weighted by Gasteiger charge is -2.29. The van der Waals surface area contributed by atoms with Gasteiger partial charge in [-0.1, -0.05) is 6.07 Å². The van der Waals surface area contributed by atoms with Crippen LogP contribution in [0.15, 0.2) is 61.1 Å². The van der Waals surface area contributed by atoms with Crippen LogP contribution in [0.4, 0.5) is 23.1 Å². The minimum Gasteiger partial charge on any atom is -0.369 e. The van der Waals surface area contributed by atoms with E-state index in [-0.39, 0.29) is 5.75 Å². The molecule has 10 nitrogen and oxygen atoms in total. The Hall–Kier alpha value is -3.70. The molecule has 0 saturated carbocycles. The maximum absolute atomic E-state index is 12.5. The molecule has 2 aliphatic rings. The second kappa shape index (κ2) is 8.26. The van der Waals surface area contributed by atoms with E-state index < -0.39 is 16.1 Å². The molecule has 1 saturated heterocycles. The minimum absolute atomic E-state index is 0.0876. The fraction of sp³-hybridized carbons (Fsp3) is 0.261. The van der Waals surface area contributed by atoms with Crippen molar-refractivity contribution in [2.45, 2.75) is 6.04 Å². The van der Waals surface area contributed by atoms with Crippen molar-refractivity contribution < 1.29 is 8.42 Å². The first-order valence-corrected chi connectivity index (χ1v) is 12.8. The maximum atomic E-state index is 12.5. The number of pyridine rings is 1. The number of hydrogen-bond donors (Lipinski definition) is 3. The second-order valence-corrected chi connectivity index (χ2v) is 10.2. The second-order valence-electron chi connectivity index (χ2n) is 8.44. The highest BCUT2D eigenvalue weighted by molar-refractivity contribution is 7.92. The van der Waals surface area contributed by atoms with Gasteiger partial charge in [0, 0.05) is 67.1 Å². The van der Waals surface area contributed by atoms with Gasteiger partial charge in [0.15, 0.2) is 0 Å². The van der Waals surface area contributed by atoms with E-state index in [9.17, 15) is 8.42 Å². The van der Waals surface area contributed by atoms with Gasteiger partial charge in [-0.15, -0.1) is 0 Å². The van der Waals surface area contributed by atoms with E-state index in [2.05, 4.69) is 42.4 Å². The number of anilines is 4. The highest BCUT2D eigenvalue weighted by Crippen LogP contribution is 2.33. The summed E-state index contributed by atoms with van der Waals surface area (Å²) in [6, 6.07) is 13.4. The van der Waals surface area contributed by atoms with E-state index in [4.69, 9.17) is 4.98 Å². The van der Waals surface area contributed by atoms with Crippen molar-refractivity contribution in [2.75, 3.05) is 46.9 Å². The normalized spacial score (nSPS) is 19.4. The molecule has 34 heavy (non-hydrogen) atoms. The summed E-state index contributed by atoms with van der Waals surface area (Å²) < 4.78 is 29.4. The quantitative estimate of drug-likeness (QED) is 0.411. The van der Waals surface area contributed by atoms with Gasteiger partial charge in [0.2, 0.25) is 16.0 Å². The smallest absolute Gasteiger partial charge is 0.236 e. The standard InChI is InChI=1S/C23H24N8O2S/c32-34(33)15-20(19-2-1-8-25-21(19)29-34)31-11-7-16-14-26-23(28-22(16)31)27-17-3-5-18(6-4-17)30-12-9-24-10-13-30/h1-8,11,14,20,24H,9-10,12-13,15H2,(H,25,29)(H,26,27,28). The molecule has 1 aromatic carbocycles. The van der Waals surface area contributed by atoms with Crippen molar-refractivity contribution in [2.24, 2.45) is 0 Å². The Balaban J connectivity index is 1.30. The molecule has 1 unspecified atom stereocenters. The Morgan fingerprint density at radius 3 is 2.68 bits per heavy atom. The van der Waals surface area contributed by atoms with E-state index in [1.165, 1.54) is 5.69 Å². The molecule has 0 radical (unpaired) electrons. The van der Waals surface area contributed by atoms with Crippen molar-refractivity contribution >= 4 is 44.2 Å². The van der Waals surface area contributed by atoms with Crippen LogP contribution in [0.25, 0.3) is 11.0 Å². The Morgan fingerprint density at radius 2 is 1.85 bits per heavy atom. The highest BCUT2D eigenvalue weighted by Gasteiger charge is 2.32. The molecule has 0 aliphatic carbocycles. The number of hydrogen-bond acceptors (Lipinski definition) is 8. The molecule has 3 aromatic heterocycles. The Bertz CT molecular complexity index is 1450. The van der Waals surface area contributed by atoms with Crippen molar-refractivity contribution in [3.63, 3.8) is 0 Å². The van der Waals surface area contributed by atoms with Crippen LogP contribution < -0.4 is 20.3 Å². The molecular formula is C23H24N8O2S. The van der Waals surface area contributed by atoms with Crippen molar-refractivity contribution in [1.82, 2.24) is 24.8 Å².